The Morgan fingerprint density at radius 3 is 2.72 bits per heavy atom. The van der Waals surface area contributed by atoms with Crippen LogP contribution in [0.15, 0.2) is 42.5 Å². The van der Waals surface area contributed by atoms with Crippen molar-refractivity contribution < 1.29 is 13.9 Å². The molecule has 0 saturated carbocycles. The Labute approximate surface area is 144 Å². The number of aromatic nitrogens is 3. The Balaban J connectivity index is 1.89. The number of nitrogens with zero attached hydrogens (tertiary/aromatic N) is 2. The number of methoxy groups -OCH3 is 1. The average Bonchev–Trinajstić information content (AvgIpc) is 3.12. The van der Waals surface area contributed by atoms with Crippen LogP contribution in [0.3, 0.4) is 0 Å². The second-order valence-corrected chi connectivity index (χ2v) is 5.35. The molecule has 3 rings (SSSR count). The highest BCUT2D eigenvalue weighted by Gasteiger charge is 2.18. The van der Waals surface area contributed by atoms with E-state index < -0.39 is 6.04 Å². The molecule has 6 nitrogen and oxygen atoms in total. The second-order valence-electron chi connectivity index (χ2n) is 5.35. The van der Waals surface area contributed by atoms with E-state index in [1.54, 1.807) is 37.4 Å². The molecule has 0 fully saturated rings. The molecule has 1 atom stereocenters. The van der Waals surface area contributed by atoms with E-state index in [0.717, 1.165) is 5.56 Å². The van der Waals surface area contributed by atoms with Crippen molar-refractivity contribution in [2.24, 2.45) is 5.73 Å². The second kappa shape index (κ2) is 7.31. The fourth-order valence-electron chi connectivity index (χ4n) is 2.49. The summed E-state index contributed by atoms with van der Waals surface area (Å²) in [6.45, 7) is 2.44. The number of ether oxygens (including phenoxy) is 2. The number of halogens is 1. The first-order valence-corrected chi connectivity index (χ1v) is 7.87. The van der Waals surface area contributed by atoms with E-state index in [1.165, 1.54) is 6.07 Å². The van der Waals surface area contributed by atoms with Crippen LogP contribution in [-0.4, -0.2) is 28.9 Å². The first kappa shape index (κ1) is 16.9. The summed E-state index contributed by atoms with van der Waals surface area (Å²) in [5, 5.41) is 6.85. The van der Waals surface area contributed by atoms with Crippen molar-refractivity contribution in [3.63, 3.8) is 0 Å². The molecule has 3 aromatic rings. The summed E-state index contributed by atoms with van der Waals surface area (Å²) in [6, 6.07) is 11.2. The van der Waals surface area contributed by atoms with Crippen LogP contribution in [0.4, 0.5) is 4.39 Å². The third-order valence-electron chi connectivity index (χ3n) is 3.76. The molecule has 3 N–H and O–H groups in total. The summed E-state index contributed by atoms with van der Waals surface area (Å²) in [5.74, 6) is 1.55. The van der Waals surface area contributed by atoms with Gasteiger partial charge in [0.15, 0.2) is 17.3 Å². The minimum absolute atomic E-state index is 0.265. The van der Waals surface area contributed by atoms with Gasteiger partial charge in [-0.1, -0.05) is 18.2 Å². The van der Waals surface area contributed by atoms with Gasteiger partial charge in [-0.15, -0.1) is 0 Å². The van der Waals surface area contributed by atoms with E-state index in [9.17, 15) is 4.39 Å². The van der Waals surface area contributed by atoms with Gasteiger partial charge in [0.1, 0.15) is 11.6 Å². The molecule has 25 heavy (non-hydrogen) atoms. The number of rotatable bonds is 6. The molecule has 130 valence electrons. The van der Waals surface area contributed by atoms with Crippen molar-refractivity contribution in [3.05, 3.63) is 59.7 Å². The number of H-pyrrole nitrogens is 1. The number of benzene rings is 2. The Kier molecular flexibility index (Phi) is 4.95. The lowest BCUT2D eigenvalue weighted by molar-refractivity contribution is 0.310. The zero-order chi connectivity index (χ0) is 17.8. The summed E-state index contributed by atoms with van der Waals surface area (Å²) in [7, 11) is 1.57. The summed E-state index contributed by atoms with van der Waals surface area (Å²) < 4.78 is 24.7. The Hall–Kier alpha value is -2.93. The number of hydrogen-bond acceptors (Lipinski definition) is 5. The lowest BCUT2D eigenvalue weighted by Gasteiger charge is -2.13. The van der Waals surface area contributed by atoms with Gasteiger partial charge in [-0.25, -0.2) is 9.37 Å². The maximum absolute atomic E-state index is 13.9. The minimum atomic E-state index is -0.558. The highest BCUT2D eigenvalue weighted by molar-refractivity contribution is 5.55. The van der Waals surface area contributed by atoms with E-state index in [2.05, 4.69) is 15.2 Å². The van der Waals surface area contributed by atoms with Crippen LogP contribution < -0.4 is 15.2 Å². The predicted molar refractivity (Wildman–Crippen MR) is 92.0 cm³/mol. The predicted octanol–water partition coefficient (Wildman–Crippen LogP) is 3.07. The Morgan fingerprint density at radius 1 is 1.20 bits per heavy atom. The van der Waals surface area contributed by atoms with Crippen LogP contribution in [0.25, 0.3) is 11.4 Å². The van der Waals surface area contributed by atoms with Crippen LogP contribution in [0.5, 0.6) is 11.5 Å². The van der Waals surface area contributed by atoms with Gasteiger partial charge in [0, 0.05) is 0 Å². The van der Waals surface area contributed by atoms with Gasteiger partial charge in [0.05, 0.1) is 25.3 Å². The lowest BCUT2D eigenvalue weighted by atomic mass is 10.1. The quantitative estimate of drug-likeness (QED) is 0.719. The van der Waals surface area contributed by atoms with Crippen molar-refractivity contribution in [1.82, 2.24) is 15.2 Å². The van der Waals surface area contributed by atoms with Crippen LogP contribution in [-0.2, 0) is 0 Å². The molecule has 0 bridgehead atoms. The molecule has 1 heterocycles. The molecule has 0 aliphatic rings. The standard InChI is InChI=1S/C18H19FN4O2/c1-3-25-14-9-8-11(10-15(14)24-2)16(20)18-21-17(22-23-18)12-6-4-5-7-13(12)19/h4-10,16H,3,20H2,1-2H3,(H,21,22,23). The van der Waals surface area contributed by atoms with Gasteiger partial charge in [-0.3, -0.25) is 5.10 Å². The first-order valence-electron chi connectivity index (χ1n) is 7.87. The molecule has 0 radical (unpaired) electrons. The van der Waals surface area contributed by atoms with Crippen molar-refractivity contribution in [1.29, 1.82) is 0 Å². The molecule has 7 heteroatoms. The van der Waals surface area contributed by atoms with Crippen molar-refractivity contribution in [3.8, 4) is 22.9 Å². The summed E-state index contributed by atoms with van der Waals surface area (Å²) in [5.41, 5.74) is 7.36. The van der Waals surface area contributed by atoms with Crippen LogP contribution in [0.1, 0.15) is 24.4 Å². The maximum atomic E-state index is 13.9. The molecule has 0 aliphatic heterocycles. The summed E-state index contributed by atoms with van der Waals surface area (Å²) in [6.07, 6.45) is 0. The van der Waals surface area contributed by atoms with Gasteiger partial charge < -0.3 is 15.2 Å². The number of aromatic amines is 1. The third-order valence-corrected chi connectivity index (χ3v) is 3.76. The van der Waals surface area contributed by atoms with Gasteiger partial charge in [-0.2, -0.15) is 5.10 Å². The molecule has 0 saturated heterocycles. The van der Waals surface area contributed by atoms with E-state index >= 15 is 0 Å². The van der Waals surface area contributed by atoms with Crippen LogP contribution in [0.2, 0.25) is 0 Å². The third kappa shape index (κ3) is 3.46. The smallest absolute Gasteiger partial charge is 0.184 e. The highest BCUT2D eigenvalue weighted by Crippen LogP contribution is 2.31. The summed E-state index contributed by atoms with van der Waals surface area (Å²) >= 11 is 0. The Morgan fingerprint density at radius 2 is 2.00 bits per heavy atom. The Bertz CT molecular complexity index is 866. The van der Waals surface area contributed by atoms with Crippen molar-refractivity contribution in [2.75, 3.05) is 13.7 Å². The van der Waals surface area contributed by atoms with Crippen LogP contribution in [0, 0.1) is 5.82 Å². The normalized spacial score (nSPS) is 12.0. The fraction of sp³-hybridized carbons (Fsp3) is 0.222. The van der Waals surface area contributed by atoms with Gasteiger partial charge in [0.25, 0.3) is 0 Å². The van der Waals surface area contributed by atoms with Gasteiger partial charge >= 0.3 is 0 Å². The number of nitrogens with one attached hydrogen (secondary N) is 1. The van der Waals surface area contributed by atoms with E-state index in [0.29, 0.717) is 29.5 Å². The SMILES string of the molecule is CCOc1ccc(C(N)c2nc(-c3ccccc3F)n[nH]2)cc1OC. The number of hydrogen-bond donors (Lipinski definition) is 2. The number of nitrogens with two attached hydrogens (primary N) is 1. The molecular formula is C18H19FN4O2. The molecule has 1 unspecified atom stereocenters. The molecule has 2 aromatic carbocycles. The van der Waals surface area contributed by atoms with Crippen molar-refractivity contribution in [2.45, 2.75) is 13.0 Å². The minimum Gasteiger partial charge on any atom is -0.493 e. The highest BCUT2D eigenvalue weighted by atomic mass is 19.1. The molecule has 0 amide bonds. The molecular weight excluding hydrogens is 323 g/mol. The lowest BCUT2D eigenvalue weighted by Crippen LogP contribution is -2.14. The molecule has 1 aromatic heterocycles. The first-order chi connectivity index (χ1) is 12.1. The monoisotopic (exact) mass is 342 g/mol. The van der Waals surface area contributed by atoms with E-state index in [4.69, 9.17) is 15.2 Å². The molecule has 0 aliphatic carbocycles. The largest absolute Gasteiger partial charge is 0.493 e. The van der Waals surface area contributed by atoms with Gasteiger partial charge in [0.2, 0.25) is 0 Å². The average molecular weight is 342 g/mol. The van der Waals surface area contributed by atoms with Gasteiger partial charge in [-0.05, 0) is 36.8 Å². The maximum Gasteiger partial charge on any atom is 0.184 e. The van der Waals surface area contributed by atoms with Crippen molar-refractivity contribution >= 4 is 0 Å². The van der Waals surface area contributed by atoms with Crippen LogP contribution >= 0.6 is 0 Å². The van der Waals surface area contributed by atoms with E-state index in [-0.39, 0.29) is 11.6 Å². The zero-order valence-electron chi connectivity index (χ0n) is 14.0. The fourth-order valence-corrected chi connectivity index (χ4v) is 2.49. The topological polar surface area (TPSA) is 86.0 Å². The molecule has 0 spiro atoms. The zero-order valence-corrected chi connectivity index (χ0v) is 14.0. The summed E-state index contributed by atoms with van der Waals surface area (Å²) in [4.78, 5) is 4.33. The van der Waals surface area contributed by atoms with E-state index in [1.807, 2.05) is 13.0 Å².